The van der Waals surface area contributed by atoms with Gasteiger partial charge >= 0.3 is 17.9 Å². The molecule has 0 unspecified atom stereocenters. The van der Waals surface area contributed by atoms with E-state index in [9.17, 15) is 14.4 Å². The lowest BCUT2D eigenvalue weighted by Crippen LogP contribution is -2.08. The van der Waals surface area contributed by atoms with E-state index in [1.165, 1.54) is 24.3 Å². The van der Waals surface area contributed by atoms with Gasteiger partial charge in [0.25, 0.3) is 0 Å². The molecule has 0 saturated heterocycles. The van der Waals surface area contributed by atoms with Crippen LogP contribution in [0.1, 0.15) is 31.1 Å². The third-order valence-corrected chi connectivity index (χ3v) is 3.51. The van der Waals surface area contributed by atoms with Gasteiger partial charge in [-0.3, -0.25) is 0 Å². The summed E-state index contributed by atoms with van der Waals surface area (Å²) in [6, 6.07) is 9.48. The summed E-state index contributed by atoms with van der Waals surface area (Å²) >= 11 is 0. The first-order valence-electron chi connectivity index (χ1n) is 7.15. The zero-order valence-corrected chi connectivity index (χ0v) is 12.9. The van der Waals surface area contributed by atoms with Crippen LogP contribution in [0, 0.1) is 0 Å². The van der Waals surface area contributed by atoms with Crippen molar-refractivity contribution in [2.45, 2.75) is 0 Å². The Labute approximate surface area is 145 Å². The van der Waals surface area contributed by atoms with E-state index < -0.39 is 23.5 Å². The van der Waals surface area contributed by atoms with Crippen LogP contribution in [0.4, 0.5) is 0 Å². The van der Waals surface area contributed by atoms with Crippen molar-refractivity contribution in [1.82, 2.24) is 10.2 Å². The number of aromatic nitrogens is 2. The minimum Gasteiger partial charge on any atom is -0.478 e. The summed E-state index contributed by atoms with van der Waals surface area (Å²) in [6.07, 6.45) is 0. The highest BCUT2D eigenvalue weighted by Gasteiger charge is 2.19. The molecule has 0 bridgehead atoms. The predicted octanol–water partition coefficient (Wildman–Crippen LogP) is 2.50. The molecule has 9 heteroatoms. The summed E-state index contributed by atoms with van der Waals surface area (Å²) in [5, 5.41) is 34.9. The number of carboxylic acid groups (broad SMARTS) is 3. The number of benzene rings is 2. The van der Waals surface area contributed by atoms with Crippen LogP contribution in [-0.4, -0.2) is 43.4 Å². The van der Waals surface area contributed by atoms with Gasteiger partial charge in [0.15, 0.2) is 0 Å². The fraction of sp³-hybridized carbons (Fsp3) is 0. The zero-order valence-electron chi connectivity index (χ0n) is 12.9. The minimum absolute atomic E-state index is 0.0276. The van der Waals surface area contributed by atoms with E-state index in [-0.39, 0.29) is 28.5 Å². The Hall–Kier alpha value is -4.01. The van der Waals surface area contributed by atoms with Crippen molar-refractivity contribution >= 4 is 17.9 Å². The van der Waals surface area contributed by atoms with Gasteiger partial charge in [0.1, 0.15) is 0 Å². The second kappa shape index (κ2) is 6.48. The van der Waals surface area contributed by atoms with E-state index in [2.05, 4.69) is 10.2 Å². The molecule has 0 aliphatic heterocycles. The molecule has 0 radical (unpaired) electrons. The van der Waals surface area contributed by atoms with Crippen LogP contribution in [0.3, 0.4) is 0 Å². The van der Waals surface area contributed by atoms with Gasteiger partial charge < -0.3 is 19.7 Å². The summed E-state index contributed by atoms with van der Waals surface area (Å²) in [6.45, 7) is 0. The van der Waals surface area contributed by atoms with Crippen LogP contribution in [-0.2, 0) is 0 Å². The summed E-state index contributed by atoms with van der Waals surface area (Å²) in [5.74, 6) is -3.87. The van der Waals surface area contributed by atoms with Gasteiger partial charge in [0.05, 0.1) is 16.7 Å². The van der Waals surface area contributed by atoms with Gasteiger partial charge in [-0.25, -0.2) is 14.4 Å². The molecule has 3 N–H and O–H groups in total. The van der Waals surface area contributed by atoms with Crippen LogP contribution in [0.25, 0.3) is 22.9 Å². The molecule has 130 valence electrons. The second-order valence-electron chi connectivity index (χ2n) is 5.17. The first-order valence-corrected chi connectivity index (χ1v) is 7.15. The van der Waals surface area contributed by atoms with Crippen LogP contribution < -0.4 is 0 Å². The fourth-order valence-electron chi connectivity index (χ4n) is 2.28. The molecule has 3 aromatic rings. The van der Waals surface area contributed by atoms with Crippen molar-refractivity contribution in [2.24, 2.45) is 0 Å². The Bertz CT molecular complexity index is 1040. The van der Waals surface area contributed by atoms with Crippen molar-refractivity contribution in [3.8, 4) is 22.9 Å². The summed E-state index contributed by atoms with van der Waals surface area (Å²) in [7, 11) is 0. The average Bonchev–Trinajstić information content (AvgIpc) is 3.11. The van der Waals surface area contributed by atoms with E-state index in [0.29, 0.717) is 5.56 Å². The van der Waals surface area contributed by atoms with E-state index >= 15 is 0 Å². The maximum absolute atomic E-state index is 11.3. The lowest BCUT2D eigenvalue weighted by atomic mass is 10.0. The largest absolute Gasteiger partial charge is 0.478 e. The van der Waals surface area contributed by atoms with Crippen molar-refractivity contribution < 1.29 is 34.1 Å². The van der Waals surface area contributed by atoms with Crippen LogP contribution in [0.5, 0.6) is 0 Å². The second-order valence-corrected chi connectivity index (χ2v) is 5.17. The normalized spacial score (nSPS) is 10.5. The Balaban J connectivity index is 2.01. The molecule has 1 aromatic heterocycles. The van der Waals surface area contributed by atoms with E-state index in [1.54, 1.807) is 6.07 Å². The van der Waals surface area contributed by atoms with Gasteiger partial charge in [-0.05, 0) is 36.4 Å². The Kier molecular flexibility index (Phi) is 4.19. The van der Waals surface area contributed by atoms with Gasteiger partial charge in [0, 0.05) is 11.1 Å². The molecule has 0 aliphatic rings. The number of carboxylic acids is 3. The smallest absolute Gasteiger partial charge is 0.336 e. The maximum Gasteiger partial charge on any atom is 0.336 e. The van der Waals surface area contributed by atoms with Crippen molar-refractivity contribution in [2.75, 3.05) is 0 Å². The Morgan fingerprint density at radius 3 is 1.92 bits per heavy atom. The van der Waals surface area contributed by atoms with Gasteiger partial charge in [-0.15, -0.1) is 10.2 Å². The molecular weight excluding hydrogens is 344 g/mol. The topological polar surface area (TPSA) is 151 Å². The standard InChI is InChI=1S/C17H10N2O7/c20-15(21)10-3-1-2-8(6-10)13-18-19-14(26-13)9-4-5-11(16(22)23)12(7-9)17(24)25/h1-7H,(H,20,21)(H,22,23)(H,24,25). The molecule has 0 amide bonds. The highest BCUT2D eigenvalue weighted by atomic mass is 16.4. The number of hydrogen-bond acceptors (Lipinski definition) is 6. The summed E-state index contributed by atoms with van der Waals surface area (Å²) in [4.78, 5) is 33.4. The third-order valence-electron chi connectivity index (χ3n) is 3.51. The van der Waals surface area contributed by atoms with Crippen LogP contribution in [0.15, 0.2) is 46.9 Å². The first kappa shape index (κ1) is 16.8. The monoisotopic (exact) mass is 354 g/mol. The number of hydrogen-bond donors (Lipinski definition) is 3. The third kappa shape index (κ3) is 3.13. The SMILES string of the molecule is O=C(O)c1cccc(-c2nnc(-c3ccc(C(=O)O)c(C(=O)O)c3)o2)c1. The van der Waals surface area contributed by atoms with Crippen molar-refractivity contribution in [3.05, 3.63) is 59.2 Å². The molecule has 0 spiro atoms. The quantitative estimate of drug-likeness (QED) is 0.627. The Morgan fingerprint density at radius 1 is 0.731 bits per heavy atom. The van der Waals surface area contributed by atoms with Gasteiger partial charge in [-0.1, -0.05) is 6.07 Å². The van der Waals surface area contributed by atoms with Crippen molar-refractivity contribution in [1.29, 1.82) is 0 Å². The minimum atomic E-state index is -1.40. The molecule has 0 fully saturated rings. The van der Waals surface area contributed by atoms with Crippen LogP contribution >= 0.6 is 0 Å². The highest BCUT2D eigenvalue weighted by Crippen LogP contribution is 2.26. The summed E-state index contributed by atoms with van der Waals surface area (Å²) < 4.78 is 5.47. The molecule has 26 heavy (non-hydrogen) atoms. The number of aromatic carboxylic acids is 3. The number of rotatable bonds is 5. The number of nitrogens with zero attached hydrogens (tertiary/aromatic N) is 2. The van der Waals surface area contributed by atoms with Crippen molar-refractivity contribution in [3.63, 3.8) is 0 Å². The molecule has 2 aromatic carbocycles. The highest BCUT2D eigenvalue weighted by molar-refractivity contribution is 6.02. The molecule has 3 rings (SSSR count). The molecule has 0 aliphatic carbocycles. The molecule has 1 heterocycles. The van der Waals surface area contributed by atoms with Gasteiger partial charge in [0.2, 0.25) is 11.8 Å². The summed E-state index contributed by atoms with van der Waals surface area (Å²) in [5.41, 5.74) is -0.135. The Morgan fingerprint density at radius 2 is 1.35 bits per heavy atom. The zero-order chi connectivity index (χ0) is 18.8. The fourth-order valence-corrected chi connectivity index (χ4v) is 2.28. The first-order chi connectivity index (χ1) is 12.4. The lowest BCUT2D eigenvalue weighted by molar-refractivity contribution is 0.0651. The molecule has 9 nitrogen and oxygen atoms in total. The van der Waals surface area contributed by atoms with Crippen LogP contribution in [0.2, 0.25) is 0 Å². The maximum atomic E-state index is 11.3. The molecule has 0 saturated carbocycles. The molecular formula is C17H10N2O7. The van der Waals surface area contributed by atoms with E-state index in [4.69, 9.17) is 19.7 Å². The van der Waals surface area contributed by atoms with Gasteiger partial charge in [-0.2, -0.15) is 0 Å². The van der Waals surface area contributed by atoms with E-state index in [1.807, 2.05) is 0 Å². The number of carbonyl (C=O) groups is 3. The average molecular weight is 354 g/mol. The lowest BCUT2D eigenvalue weighted by Gasteiger charge is -2.03. The predicted molar refractivity (Wildman–Crippen MR) is 86.0 cm³/mol. The molecule has 0 atom stereocenters. The van der Waals surface area contributed by atoms with E-state index in [0.717, 1.165) is 12.1 Å².